The van der Waals surface area contributed by atoms with E-state index in [1.165, 1.54) is 6.26 Å². The van der Waals surface area contributed by atoms with Crippen LogP contribution in [0, 0.1) is 12.3 Å². The summed E-state index contributed by atoms with van der Waals surface area (Å²) in [5.41, 5.74) is 2.09. The SMILES string of the molecule is CCC(C)Oc1cc(C)ccc1CNC(=NC)NCC1(CS(C)(=O)=O)CC1. The van der Waals surface area contributed by atoms with E-state index in [0.717, 1.165) is 36.1 Å². The lowest BCUT2D eigenvalue weighted by atomic mass is 10.1. The quantitative estimate of drug-likeness (QED) is 0.496. The summed E-state index contributed by atoms with van der Waals surface area (Å²) in [6.45, 7) is 7.43. The van der Waals surface area contributed by atoms with E-state index in [4.69, 9.17) is 4.74 Å². The first-order valence-electron chi connectivity index (χ1n) is 9.55. The highest BCUT2D eigenvalue weighted by molar-refractivity contribution is 7.90. The van der Waals surface area contributed by atoms with Crippen molar-refractivity contribution in [2.45, 2.75) is 52.7 Å². The van der Waals surface area contributed by atoms with Crippen LogP contribution in [0.4, 0.5) is 0 Å². The van der Waals surface area contributed by atoms with Crippen LogP contribution >= 0.6 is 0 Å². The van der Waals surface area contributed by atoms with E-state index in [9.17, 15) is 8.42 Å². The number of sulfone groups is 1. The first-order chi connectivity index (χ1) is 12.7. The molecule has 2 rings (SSSR count). The third-order valence-corrected chi connectivity index (χ3v) is 6.09. The number of ether oxygens (including phenoxy) is 1. The molecule has 1 fully saturated rings. The van der Waals surface area contributed by atoms with Gasteiger partial charge < -0.3 is 15.4 Å². The average Bonchev–Trinajstić information content (AvgIpc) is 3.34. The molecule has 0 radical (unpaired) electrons. The Kier molecular flexibility index (Phi) is 7.14. The van der Waals surface area contributed by atoms with Gasteiger partial charge in [0.15, 0.2) is 5.96 Å². The maximum absolute atomic E-state index is 11.6. The van der Waals surface area contributed by atoms with Gasteiger partial charge in [-0.15, -0.1) is 0 Å². The Morgan fingerprint density at radius 2 is 2.04 bits per heavy atom. The molecule has 0 aliphatic heterocycles. The van der Waals surface area contributed by atoms with Gasteiger partial charge in [0.25, 0.3) is 0 Å². The maximum Gasteiger partial charge on any atom is 0.191 e. The van der Waals surface area contributed by atoms with E-state index < -0.39 is 9.84 Å². The van der Waals surface area contributed by atoms with Crippen molar-refractivity contribution in [2.24, 2.45) is 10.4 Å². The topological polar surface area (TPSA) is 79.8 Å². The van der Waals surface area contributed by atoms with Crippen LogP contribution in [0.5, 0.6) is 5.75 Å². The highest BCUT2D eigenvalue weighted by Crippen LogP contribution is 2.46. The molecule has 1 aromatic carbocycles. The van der Waals surface area contributed by atoms with Gasteiger partial charge in [-0.2, -0.15) is 0 Å². The molecule has 1 unspecified atom stereocenters. The Balaban J connectivity index is 1.94. The Hall–Kier alpha value is -1.76. The van der Waals surface area contributed by atoms with Gasteiger partial charge in [0, 0.05) is 37.4 Å². The van der Waals surface area contributed by atoms with E-state index in [1.807, 2.05) is 0 Å². The molecule has 0 saturated heterocycles. The lowest BCUT2D eigenvalue weighted by Crippen LogP contribution is -2.41. The zero-order valence-corrected chi connectivity index (χ0v) is 17.9. The van der Waals surface area contributed by atoms with Crippen LogP contribution in [-0.2, 0) is 16.4 Å². The van der Waals surface area contributed by atoms with Crippen molar-refractivity contribution in [2.75, 3.05) is 25.6 Å². The molecule has 0 spiro atoms. The lowest BCUT2D eigenvalue weighted by molar-refractivity contribution is 0.215. The fraction of sp³-hybridized carbons (Fsp3) is 0.650. The molecule has 6 nitrogen and oxygen atoms in total. The third kappa shape index (κ3) is 7.05. The molecule has 152 valence electrons. The smallest absolute Gasteiger partial charge is 0.191 e. The van der Waals surface area contributed by atoms with Crippen molar-refractivity contribution < 1.29 is 13.2 Å². The minimum Gasteiger partial charge on any atom is -0.490 e. The largest absolute Gasteiger partial charge is 0.490 e. The van der Waals surface area contributed by atoms with Gasteiger partial charge >= 0.3 is 0 Å². The predicted molar refractivity (Wildman–Crippen MR) is 111 cm³/mol. The van der Waals surface area contributed by atoms with Gasteiger partial charge in [-0.1, -0.05) is 19.1 Å². The summed E-state index contributed by atoms with van der Waals surface area (Å²) >= 11 is 0. The first-order valence-corrected chi connectivity index (χ1v) is 11.6. The molecular weight excluding hydrogens is 362 g/mol. The molecule has 7 heteroatoms. The first kappa shape index (κ1) is 21.5. The van der Waals surface area contributed by atoms with Crippen LogP contribution in [0.25, 0.3) is 0 Å². The molecule has 27 heavy (non-hydrogen) atoms. The summed E-state index contributed by atoms with van der Waals surface area (Å²) in [4.78, 5) is 4.26. The highest BCUT2D eigenvalue weighted by atomic mass is 32.2. The standard InChI is InChI=1S/C20H33N3O3S/c1-6-16(3)26-18-11-15(2)7-8-17(18)12-22-19(21-4)23-13-20(9-10-20)14-27(5,24)25/h7-8,11,16H,6,9-10,12-14H2,1-5H3,(H2,21,22,23). The summed E-state index contributed by atoms with van der Waals surface area (Å²) < 4.78 is 29.3. The molecule has 0 heterocycles. The van der Waals surface area contributed by atoms with E-state index >= 15 is 0 Å². The van der Waals surface area contributed by atoms with Gasteiger partial charge in [0.05, 0.1) is 11.9 Å². The molecule has 2 N–H and O–H groups in total. The van der Waals surface area contributed by atoms with Crippen molar-refractivity contribution >= 4 is 15.8 Å². The van der Waals surface area contributed by atoms with Crippen molar-refractivity contribution in [1.29, 1.82) is 0 Å². The van der Waals surface area contributed by atoms with Crippen molar-refractivity contribution in [3.8, 4) is 5.75 Å². The summed E-state index contributed by atoms with van der Waals surface area (Å²) in [7, 11) is -1.25. The fourth-order valence-electron chi connectivity index (χ4n) is 2.99. The minimum absolute atomic E-state index is 0.139. The van der Waals surface area contributed by atoms with Crippen molar-refractivity contribution in [3.63, 3.8) is 0 Å². The molecule has 1 aliphatic rings. The fourth-order valence-corrected chi connectivity index (χ4v) is 4.50. The maximum atomic E-state index is 11.6. The van der Waals surface area contributed by atoms with Gasteiger partial charge in [0.1, 0.15) is 15.6 Å². The van der Waals surface area contributed by atoms with Crippen LogP contribution in [0.2, 0.25) is 0 Å². The zero-order chi connectivity index (χ0) is 20.1. The second-order valence-electron chi connectivity index (χ2n) is 7.80. The van der Waals surface area contributed by atoms with Gasteiger partial charge in [0.2, 0.25) is 0 Å². The van der Waals surface area contributed by atoms with Gasteiger partial charge in [-0.25, -0.2) is 8.42 Å². The van der Waals surface area contributed by atoms with Gasteiger partial charge in [-0.05, 0) is 44.7 Å². The summed E-state index contributed by atoms with van der Waals surface area (Å²) in [5, 5.41) is 6.59. The minimum atomic E-state index is -2.97. The van der Waals surface area contributed by atoms with E-state index in [-0.39, 0.29) is 17.3 Å². The summed E-state index contributed by atoms with van der Waals surface area (Å²) in [5.74, 6) is 1.79. The molecule has 1 aliphatic carbocycles. The Labute approximate surface area is 163 Å². The Morgan fingerprint density at radius 3 is 2.59 bits per heavy atom. The number of aliphatic imine (C=N–C) groups is 1. The molecule has 1 atom stereocenters. The van der Waals surface area contributed by atoms with E-state index in [2.05, 4.69) is 54.6 Å². The molecule has 1 saturated carbocycles. The lowest BCUT2D eigenvalue weighted by Gasteiger charge is -2.20. The van der Waals surface area contributed by atoms with E-state index in [1.54, 1.807) is 7.05 Å². The number of rotatable bonds is 9. The van der Waals surface area contributed by atoms with Crippen LogP contribution in [-0.4, -0.2) is 46.1 Å². The van der Waals surface area contributed by atoms with E-state index in [0.29, 0.717) is 19.0 Å². The van der Waals surface area contributed by atoms with Crippen molar-refractivity contribution in [3.05, 3.63) is 29.3 Å². The number of hydrogen-bond donors (Lipinski definition) is 2. The summed E-state index contributed by atoms with van der Waals surface area (Å²) in [6.07, 6.45) is 4.29. The second-order valence-corrected chi connectivity index (χ2v) is 9.94. The molecular formula is C20H33N3O3S. The highest BCUT2D eigenvalue weighted by Gasteiger charge is 2.45. The number of nitrogens with zero attached hydrogens (tertiary/aromatic N) is 1. The predicted octanol–water partition coefficient (Wildman–Crippen LogP) is 2.66. The molecule has 0 bridgehead atoms. The number of guanidine groups is 1. The Morgan fingerprint density at radius 1 is 1.33 bits per heavy atom. The molecule has 0 aromatic heterocycles. The number of nitrogens with one attached hydrogen (secondary N) is 2. The van der Waals surface area contributed by atoms with Crippen LogP contribution in [0.3, 0.4) is 0 Å². The number of hydrogen-bond acceptors (Lipinski definition) is 4. The van der Waals surface area contributed by atoms with Crippen LogP contribution < -0.4 is 15.4 Å². The normalized spacial score (nSPS) is 17.3. The van der Waals surface area contributed by atoms with Crippen molar-refractivity contribution in [1.82, 2.24) is 10.6 Å². The zero-order valence-electron chi connectivity index (χ0n) is 17.1. The number of aryl methyl sites for hydroxylation is 1. The third-order valence-electron chi connectivity index (χ3n) is 4.95. The Bertz CT molecular complexity index is 771. The van der Waals surface area contributed by atoms with Gasteiger partial charge in [-0.3, -0.25) is 4.99 Å². The summed E-state index contributed by atoms with van der Waals surface area (Å²) in [6, 6.07) is 6.20. The second kappa shape index (κ2) is 8.95. The number of benzene rings is 1. The average molecular weight is 396 g/mol. The van der Waals surface area contributed by atoms with Crippen LogP contribution in [0.15, 0.2) is 23.2 Å². The van der Waals surface area contributed by atoms with Crippen LogP contribution in [0.1, 0.15) is 44.2 Å². The monoisotopic (exact) mass is 395 g/mol. The molecule has 1 aromatic rings. The molecule has 0 amide bonds.